The number of pyridine rings is 2. The highest BCUT2D eigenvalue weighted by Crippen LogP contribution is 2.33. The normalized spacial score (nSPS) is 11.6. The van der Waals surface area contributed by atoms with Crippen molar-refractivity contribution in [3.8, 4) is 17.1 Å². The van der Waals surface area contributed by atoms with Gasteiger partial charge in [-0.2, -0.15) is 0 Å². The number of imidazole rings is 1. The third-order valence-corrected chi connectivity index (χ3v) is 5.04. The Bertz CT molecular complexity index is 969. The number of halogens is 2. The Balaban J connectivity index is 2.10. The molecule has 0 aliphatic carbocycles. The molecule has 0 aliphatic heterocycles. The van der Waals surface area contributed by atoms with E-state index < -0.39 is 9.84 Å². The fourth-order valence-electron chi connectivity index (χ4n) is 2.01. The Morgan fingerprint density at radius 2 is 1.83 bits per heavy atom. The summed E-state index contributed by atoms with van der Waals surface area (Å²) in [6.45, 7) is 0. The molecule has 0 fully saturated rings. The lowest BCUT2D eigenvalue weighted by atomic mass is 10.2. The molecule has 0 unspecified atom stereocenters. The van der Waals surface area contributed by atoms with Gasteiger partial charge in [0.05, 0.1) is 26.8 Å². The van der Waals surface area contributed by atoms with Crippen molar-refractivity contribution < 1.29 is 8.42 Å². The number of hydrogen-bond acceptors (Lipinski definition) is 5. The summed E-state index contributed by atoms with van der Waals surface area (Å²) in [6.07, 6.45) is 8.61. The SMILES string of the molecule is CS(=O)(=O)c1ccc(-n2cncc2-c2cncc(Cl)c2Cl)nc1. The van der Waals surface area contributed by atoms with Gasteiger partial charge in [0.1, 0.15) is 12.1 Å². The van der Waals surface area contributed by atoms with Crippen LogP contribution in [0.4, 0.5) is 0 Å². The zero-order chi connectivity index (χ0) is 16.6. The van der Waals surface area contributed by atoms with Gasteiger partial charge in [-0.05, 0) is 12.1 Å². The molecule has 23 heavy (non-hydrogen) atoms. The minimum atomic E-state index is -3.30. The topological polar surface area (TPSA) is 77.7 Å². The first-order valence-electron chi connectivity index (χ1n) is 6.36. The molecule has 3 aromatic rings. The molecular formula is C14H10Cl2N4O2S. The molecule has 6 nitrogen and oxygen atoms in total. The van der Waals surface area contributed by atoms with Crippen molar-refractivity contribution >= 4 is 33.0 Å². The maximum atomic E-state index is 11.5. The Hall–Kier alpha value is -1.96. The van der Waals surface area contributed by atoms with Crippen LogP contribution in [-0.2, 0) is 9.84 Å². The average molecular weight is 369 g/mol. The molecule has 3 aromatic heterocycles. The lowest BCUT2D eigenvalue weighted by Gasteiger charge is -2.09. The second-order valence-corrected chi connectivity index (χ2v) is 7.56. The summed E-state index contributed by atoms with van der Waals surface area (Å²) in [7, 11) is -3.30. The maximum absolute atomic E-state index is 11.5. The molecule has 118 valence electrons. The molecular weight excluding hydrogens is 359 g/mol. The lowest BCUT2D eigenvalue weighted by molar-refractivity contribution is 0.601. The summed E-state index contributed by atoms with van der Waals surface area (Å²) < 4.78 is 24.7. The molecule has 9 heteroatoms. The van der Waals surface area contributed by atoms with Crippen molar-refractivity contribution in [2.75, 3.05) is 6.26 Å². The second-order valence-electron chi connectivity index (χ2n) is 4.76. The van der Waals surface area contributed by atoms with Crippen molar-refractivity contribution in [3.05, 3.63) is 53.3 Å². The predicted molar refractivity (Wildman–Crippen MR) is 87.7 cm³/mol. The van der Waals surface area contributed by atoms with Crippen molar-refractivity contribution in [1.29, 1.82) is 0 Å². The fraction of sp³-hybridized carbons (Fsp3) is 0.0714. The standard InChI is InChI=1S/C14H10Cl2N4O2S/c1-23(21,22)9-2-3-13(19-4-9)20-8-18-7-12(20)10-5-17-6-11(15)14(10)16/h2-8H,1H3. The Kier molecular flexibility index (Phi) is 4.09. The molecule has 0 amide bonds. The van der Waals surface area contributed by atoms with E-state index in [0.717, 1.165) is 6.26 Å². The van der Waals surface area contributed by atoms with E-state index in [1.54, 1.807) is 29.4 Å². The van der Waals surface area contributed by atoms with Gasteiger partial charge in [-0.15, -0.1) is 0 Å². The van der Waals surface area contributed by atoms with Crippen LogP contribution in [0.5, 0.6) is 0 Å². The molecule has 0 aromatic carbocycles. The third-order valence-electron chi connectivity index (χ3n) is 3.15. The van der Waals surface area contributed by atoms with Gasteiger partial charge in [-0.1, -0.05) is 23.2 Å². The van der Waals surface area contributed by atoms with Gasteiger partial charge in [-0.25, -0.2) is 18.4 Å². The Morgan fingerprint density at radius 3 is 2.48 bits per heavy atom. The van der Waals surface area contributed by atoms with Gasteiger partial charge in [0.15, 0.2) is 9.84 Å². The molecule has 0 saturated carbocycles. The van der Waals surface area contributed by atoms with Crippen LogP contribution in [0.3, 0.4) is 0 Å². The minimum absolute atomic E-state index is 0.144. The van der Waals surface area contributed by atoms with Crippen molar-refractivity contribution in [2.24, 2.45) is 0 Å². The highest BCUT2D eigenvalue weighted by atomic mass is 35.5. The van der Waals surface area contributed by atoms with Gasteiger partial charge in [0.25, 0.3) is 0 Å². The highest BCUT2D eigenvalue weighted by Gasteiger charge is 2.14. The zero-order valence-electron chi connectivity index (χ0n) is 11.8. The van der Waals surface area contributed by atoms with Gasteiger partial charge in [0, 0.05) is 30.4 Å². The van der Waals surface area contributed by atoms with E-state index >= 15 is 0 Å². The fourth-order valence-corrected chi connectivity index (χ4v) is 2.92. The summed E-state index contributed by atoms with van der Waals surface area (Å²) >= 11 is 12.2. The smallest absolute Gasteiger partial charge is 0.177 e. The van der Waals surface area contributed by atoms with E-state index in [2.05, 4.69) is 15.0 Å². The minimum Gasteiger partial charge on any atom is -0.283 e. The number of nitrogens with zero attached hydrogens (tertiary/aromatic N) is 4. The van der Waals surface area contributed by atoms with Crippen LogP contribution in [-0.4, -0.2) is 34.2 Å². The third kappa shape index (κ3) is 3.08. The monoisotopic (exact) mass is 368 g/mol. The van der Waals surface area contributed by atoms with Crippen LogP contribution in [0.25, 0.3) is 17.1 Å². The number of sulfone groups is 1. The van der Waals surface area contributed by atoms with E-state index in [1.165, 1.54) is 18.5 Å². The predicted octanol–water partition coefficient (Wildman–Crippen LogP) is 3.04. The first-order valence-corrected chi connectivity index (χ1v) is 9.01. The van der Waals surface area contributed by atoms with E-state index in [4.69, 9.17) is 23.2 Å². The Labute approximate surface area is 142 Å². The summed E-state index contributed by atoms with van der Waals surface area (Å²) in [5.41, 5.74) is 1.25. The molecule has 0 bridgehead atoms. The average Bonchev–Trinajstić information content (AvgIpc) is 2.98. The summed E-state index contributed by atoms with van der Waals surface area (Å²) in [6, 6.07) is 3.08. The molecule has 0 radical (unpaired) electrons. The van der Waals surface area contributed by atoms with Gasteiger partial charge >= 0.3 is 0 Å². The van der Waals surface area contributed by atoms with Crippen LogP contribution >= 0.6 is 23.2 Å². The number of rotatable bonds is 3. The van der Waals surface area contributed by atoms with Crippen LogP contribution < -0.4 is 0 Å². The molecule has 0 atom stereocenters. The Morgan fingerprint density at radius 1 is 1.04 bits per heavy atom. The molecule has 0 spiro atoms. The van der Waals surface area contributed by atoms with Crippen LogP contribution in [0, 0.1) is 0 Å². The lowest BCUT2D eigenvalue weighted by Crippen LogP contribution is -2.02. The molecule has 3 heterocycles. The highest BCUT2D eigenvalue weighted by molar-refractivity contribution is 7.90. The second kappa shape index (κ2) is 5.92. The molecule has 3 rings (SSSR count). The van der Waals surface area contributed by atoms with Crippen LogP contribution in [0.1, 0.15) is 0 Å². The van der Waals surface area contributed by atoms with Gasteiger partial charge < -0.3 is 0 Å². The first kappa shape index (κ1) is 15.9. The van der Waals surface area contributed by atoms with Gasteiger partial charge in [-0.3, -0.25) is 9.55 Å². The van der Waals surface area contributed by atoms with E-state index in [-0.39, 0.29) is 4.90 Å². The summed E-state index contributed by atoms with van der Waals surface area (Å²) in [5.74, 6) is 0.501. The van der Waals surface area contributed by atoms with Crippen molar-refractivity contribution in [2.45, 2.75) is 4.90 Å². The maximum Gasteiger partial charge on any atom is 0.177 e. The van der Waals surface area contributed by atoms with E-state index in [9.17, 15) is 8.42 Å². The molecule has 0 aliphatic rings. The first-order chi connectivity index (χ1) is 10.9. The summed E-state index contributed by atoms with van der Waals surface area (Å²) in [5, 5.41) is 0.688. The largest absolute Gasteiger partial charge is 0.283 e. The molecule has 0 N–H and O–H groups in total. The number of aromatic nitrogens is 4. The van der Waals surface area contributed by atoms with Gasteiger partial charge in [0.2, 0.25) is 0 Å². The quantitative estimate of drug-likeness (QED) is 0.709. The van der Waals surface area contributed by atoms with Crippen LogP contribution in [0.2, 0.25) is 10.0 Å². The molecule has 0 saturated heterocycles. The van der Waals surface area contributed by atoms with E-state index in [1.807, 2.05) is 0 Å². The van der Waals surface area contributed by atoms with Crippen LogP contribution in [0.15, 0.2) is 48.1 Å². The zero-order valence-corrected chi connectivity index (χ0v) is 14.1. The van der Waals surface area contributed by atoms with Crippen molar-refractivity contribution in [3.63, 3.8) is 0 Å². The summed E-state index contributed by atoms with van der Waals surface area (Å²) in [4.78, 5) is 12.4. The van der Waals surface area contributed by atoms with Crippen molar-refractivity contribution in [1.82, 2.24) is 19.5 Å². The number of hydrogen-bond donors (Lipinski definition) is 0. The van der Waals surface area contributed by atoms with E-state index in [0.29, 0.717) is 27.1 Å².